The van der Waals surface area contributed by atoms with Crippen LogP contribution in [0.3, 0.4) is 0 Å². The van der Waals surface area contributed by atoms with Crippen molar-refractivity contribution in [2.45, 2.75) is 19.3 Å². The summed E-state index contributed by atoms with van der Waals surface area (Å²) in [6.07, 6.45) is 4.90. The molecule has 2 aromatic carbocycles. The van der Waals surface area contributed by atoms with E-state index in [2.05, 4.69) is 20.2 Å². The minimum Gasteiger partial charge on any atom is -0.508 e. The number of nitrogens with zero attached hydrogens (tertiary/aromatic N) is 3. The van der Waals surface area contributed by atoms with E-state index in [0.29, 0.717) is 45.5 Å². The molecular formula is C22H25ClN4O3. The highest BCUT2D eigenvalue weighted by atomic mass is 35.5. The van der Waals surface area contributed by atoms with Gasteiger partial charge in [-0.25, -0.2) is 9.97 Å². The standard InChI is InChI=1S/C22H25ClN4O3/c1-29-16-5-6-17(23)18(13-16)26-22-21-19(24-14-25-22)11-15(28)12-20(21)30-10-4-9-27-7-2-3-8-27/h5-6,11-14,28H,2-4,7-10H2,1H3,(H,24,25,26). The Hall–Kier alpha value is -2.77. The average Bonchev–Trinajstić information content (AvgIpc) is 3.26. The van der Waals surface area contributed by atoms with Crippen molar-refractivity contribution in [3.05, 3.63) is 41.7 Å². The summed E-state index contributed by atoms with van der Waals surface area (Å²) < 4.78 is 11.3. The predicted molar refractivity (Wildman–Crippen MR) is 118 cm³/mol. The van der Waals surface area contributed by atoms with E-state index in [-0.39, 0.29) is 5.75 Å². The maximum atomic E-state index is 10.1. The SMILES string of the molecule is COc1ccc(Cl)c(Nc2ncnc3cc(O)cc(OCCCN4CCCC4)c23)c1. The van der Waals surface area contributed by atoms with Crippen LogP contribution in [0.15, 0.2) is 36.7 Å². The fraction of sp³-hybridized carbons (Fsp3) is 0.364. The van der Waals surface area contributed by atoms with Crippen LogP contribution in [0.1, 0.15) is 19.3 Å². The van der Waals surface area contributed by atoms with Crippen molar-refractivity contribution in [3.63, 3.8) is 0 Å². The first-order valence-corrected chi connectivity index (χ1v) is 10.5. The molecule has 3 aromatic rings. The molecule has 0 saturated carbocycles. The highest BCUT2D eigenvalue weighted by molar-refractivity contribution is 6.33. The van der Waals surface area contributed by atoms with Gasteiger partial charge < -0.3 is 24.8 Å². The van der Waals surface area contributed by atoms with Crippen LogP contribution in [0, 0.1) is 0 Å². The van der Waals surface area contributed by atoms with Crippen molar-refractivity contribution in [2.75, 3.05) is 38.7 Å². The lowest BCUT2D eigenvalue weighted by atomic mass is 10.2. The summed E-state index contributed by atoms with van der Waals surface area (Å²) >= 11 is 6.35. The van der Waals surface area contributed by atoms with Gasteiger partial charge in [-0.3, -0.25) is 0 Å². The van der Waals surface area contributed by atoms with E-state index < -0.39 is 0 Å². The molecule has 1 fully saturated rings. The Balaban J connectivity index is 1.59. The Morgan fingerprint density at radius 1 is 1.17 bits per heavy atom. The molecule has 2 heterocycles. The molecule has 8 heteroatoms. The van der Waals surface area contributed by atoms with Crippen molar-refractivity contribution in [3.8, 4) is 17.2 Å². The molecular weight excluding hydrogens is 404 g/mol. The highest BCUT2D eigenvalue weighted by Gasteiger charge is 2.15. The number of aromatic nitrogens is 2. The van der Waals surface area contributed by atoms with E-state index in [0.717, 1.165) is 26.1 Å². The van der Waals surface area contributed by atoms with Crippen molar-refractivity contribution in [2.24, 2.45) is 0 Å². The number of benzene rings is 2. The van der Waals surface area contributed by atoms with Gasteiger partial charge in [0.1, 0.15) is 29.4 Å². The summed E-state index contributed by atoms with van der Waals surface area (Å²) in [5, 5.41) is 14.6. The zero-order valence-corrected chi connectivity index (χ0v) is 17.7. The second-order valence-electron chi connectivity index (χ2n) is 7.28. The molecule has 1 aromatic heterocycles. The first-order valence-electron chi connectivity index (χ1n) is 10.1. The topological polar surface area (TPSA) is 79.7 Å². The quantitative estimate of drug-likeness (QED) is 0.507. The lowest BCUT2D eigenvalue weighted by molar-refractivity contribution is 0.264. The summed E-state index contributed by atoms with van der Waals surface area (Å²) in [4.78, 5) is 11.1. The zero-order chi connectivity index (χ0) is 20.9. The largest absolute Gasteiger partial charge is 0.508 e. The Labute approximate surface area is 180 Å². The summed E-state index contributed by atoms with van der Waals surface area (Å²) in [5.74, 6) is 1.86. The van der Waals surface area contributed by atoms with Crippen LogP contribution in [0.2, 0.25) is 5.02 Å². The number of fused-ring (bicyclic) bond motifs is 1. The molecule has 0 amide bonds. The van der Waals surface area contributed by atoms with Crippen LogP contribution in [-0.2, 0) is 0 Å². The molecule has 0 radical (unpaired) electrons. The van der Waals surface area contributed by atoms with Crippen LogP contribution in [0.4, 0.5) is 11.5 Å². The van der Waals surface area contributed by atoms with Crippen LogP contribution >= 0.6 is 11.6 Å². The van der Waals surface area contributed by atoms with Gasteiger partial charge in [-0.1, -0.05) is 11.6 Å². The Bertz CT molecular complexity index is 1020. The number of hydrogen-bond donors (Lipinski definition) is 2. The van der Waals surface area contributed by atoms with E-state index in [1.54, 1.807) is 37.4 Å². The van der Waals surface area contributed by atoms with E-state index in [4.69, 9.17) is 21.1 Å². The molecule has 0 spiro atoms. The number of halogens is 1. The first kappa shape index (κ1) is 20.5. The van der Waals surface area contributed by atoms with E-state index in [1.807, 2.05) is 0 Å². The number of ether oxygens (including phenoxy) is 2. The molecule has 4 rings (SSSR count). The zero-order valence-electron chi connectivity index (χ0n) is 16.9. The molecule has 158 valence electrons. The van der Waals surface area contributed by atoms with Gasteiger partial charge in [-0.15, -0.1) is 0 Å². The fourth-order valence-corrected chi connectivity index (χ4v) is 3.84. The maximum Gasteiger partial charge on any atom is 0.145 e. The molecule has 30 heavy (non-hydrogen) atoms. The van der Waals surface area contributed by atoms with Crippen molar-refractivity contribution in [1.29, 1.82) is 0 Å². The maximum absolute atomic E-state index is 10.1. The lowest BCUT2D eigenvalue weighted by Crippen LogP contribution is -2.21. The number of nitrogens with one attached hydrogen (secondary N) is 1. The second kappa shape index (κ2) is 9.36. The van der Waals surface area contributed by atoms with E-state index >= 15 is 0 Å². The first-order chi connectivity index (χ1) is 14.6. The Morgan fingerprint density at radius 3 is 2.80 bits per heavy atom. The summed E-state index contributed by atoms with van der Waals surface area (Å²) in [6, 6.07) is 8.53. The van der Waals surface area contributed by atoms with Crippen LogP contribution < -0.4 is 14.8 Å². The number of rotatable bonds is 8. The average molecular weight is 429 g/mol. The monoisotopic (exact) mass is 428 g/mol. The number of methoxy groups -OCH3 is 1. The molecule has 1 aliphatic rings. The predicted octanol–water partition coefficient (Wildman–Crippen LogP) is 4.61. The summed E-state index contributed by atoms with van der Waals surface area (Å²) in [6.45, 7) is 3.89. The minimum absolute atomic E-state index is 0.0982. The number of phenols is 1. The lowest BCUT2D eigenvalue weighted by Gasteiger charge is -2.16. The summed E-state index contributed by atoms with van der Waals surface area (Å²) in [5.41, 5.74) is 1.24. The summed E-state index contributed by atoms with van der Waals surface area (Å²) in [7, 11) is 1.60. The number of anilines is 2. The normalized spacial score (nSPS) is 14.2. The third kappa shape index (κ3) is 4.68. The Morgan fingerprint density at radius 2 is 2.00 bits per heavy atom. The molecule has 0 bridgehead atoms. The molecule has 0 atom stereocenters. The van der Waals surface area contributed by atoms with Crippen molar-refractivity contribution >= 4 is 34.0 Å². The number of aromatic hydroxyl groups is 1. The molecule has 7 nitrogen and oxygen atoms in total. The van der Waals surface area contributed by atoms with Gasteiger partial charge in [0.05, 0.1) is 35.3 Å². The van der Waals surface area contributed by atoms with Crippen molar-refractivity contribution in [1.82, 2.24) is 14.9 Å². The fourth-order valence-electron chi connectivity index (χ4n) is 3.68. The van der Waals surface area contributed by atoms with Gasteiger partial charge >= 0.3 is 0 Å². The molecule has 2 N–H and O–H groups in total. The second-order valence-corrected chi connectivity index (χ2v) is 7.69. The number of likely N-dealkylation sites (tertiary alicyclic amines) is 1. The van der Waals surface area contributed by atoms with Gasteiger partial charge in [-0.2, -0.15) is 0 Å². The van der Waals surface area contributed by atoms with Crippen LogP contribution in [-0.4, -0.2) is 53.3 Å². The van der Waals surface area contributed by atoms with Crippen LogP contribution in [0.5, 0.6) is 17.2 Å². The third-order valence-corrected chi connectivity index (χ3v) is 5.52. The molecule has 0 unspecified atom stereocenters. The van der Waals surface area contributed by atoms with Crippen LogP contribution in [0.25, 0.3) is 10.9 Å². The highest BCUT2D eigenvalue weighted by Crippen LogP contribution is 2.37. The molecule has 1 saturated heterocycles. The van der Waals surface area contributed by atoms with Gasteiger partial charge in [0.25, 0.3) is 0 Å². The number of phenolic OH excluding ortho intramolecular Hbond substituents is 1. The smallest absolute Gasteiger partial charge is 0.145 e. The van der Waals surface area contributed by atoms with Gasteiger partial charge in [0.15, 0.2) is 0 Å². The van der Waals surface area contributed by atoms with E-state index in [1.165, 1.54) is 19.2 Å². The van der Waals surface area contributed by atoms with Gasteiger partial charge in [-0.05, 0) is 44.5 Å². The number of hydrogen-bond acceptors (Lipinski definition) is 7. The third-order valence-electron chi connectivity index (χ3n) is 5.19. The van der Waals surface area contributed by atoms with Crippen molar-refractivity contribution < 1.29 is 14.6 Å². The minimum atomic E-state index is 0.0982. The van der Waals surface area contributed by atoms with Gasteiger partial charge in [0, 0.05) is 24.7 Å². The molecule has 1 aliphatic heterocycles. The Kier molecular flexibility index (Phi) is 6.40. The molecule has 0 aliphatic carbocycles. The van der Waals surface area contributed by atoms with E-state index in [9.17, 15) is 5.11 Å². The van der Waals surface area contributed by atoms with Gasteiger partial charge in [0.2, 0.25) is 0 Å².